The van der Waals surface area contributed by atoms with Gasteiger partial charge in [0.15, 0.2) is 5.96 Å². The van der Waals surface area contributed by atoms with Crippen LogP contribution in [-0.2, 0) is 4.74 Å². The Balaban J connectivity index is 1.70. The molecule has 1 aromatic rings. The maximum absolute atomic E-state index is 6.02. The normalized spacial score (nSPS) is 20.9. The second kappa shape index (κ2) is 7.81. The van der Waals surface area contributed by atoms with Crippen LogP contribution >= 0.6 is 11.6 Å². The molecule has 1 fully saturated rings. The molecule has 1 saturated heterocycles. The van der Waals surface area contributed by atoms with E-state index in [9.17, 15) is 0 Å². The van der Waals surface area contributed by atoms with E-state index in [-0.39, 0.29) is 0 Å². The zero-order valence-corrected chi connectivity index (χ0v) is 13.5. The molecule has 1 atom stereocenters. The fourth-order valence-electron chi connectivity index (χ4n) is 2.88. The fourth-order valence-corrected chi connectivity index (χ4v) is 3.00. The molecule has 0 spiro atoms. The van der Waals surface area contributed by atoms with Crippen molar-refractivity contribution in [2.75, 3.05) is 45.9 Å². The van der Waals surface area contributed by atoms with Crippen molar-refractivity contribution in [3.05, 3.63) is 34.9 Å². The predicted molar refractivity (Wildman–Crippen MR) is 89.5 cm³/mol. The lowest BCUT2D eigenvalue weighted by atomic mass is 10.0. The van der Waals surface area contributed by atoms with E-state index in [0.29, 0.717) is 6.04 Å². The third-order valence-electron chi connectivity index (χ3n) is 4.10. The molecule has 0 aliphatic carbocycles. The number of halogens is 1. The van der Waals surface area contributed by atoms with Gasteiger partial charge in [-0.3, -0.25) is 9.89 Å². The van der Waals surface area contributed by atoms with Crippen molar-refractivity contribution in [1.29, 1.82) is 0 Å². The van der Waals surface area contributed by atoms with Gasteiger partial charge in [0, 0.05) is 37.7 Å². The van der Waals surface area contributed by atoms with Crippen molar-refractivity contribution in [3.63, 3.8) is 0 Å². The van der Waals surface area contributed by atoms with Crippen molar-refractivity contribution in [2.24, 2.45) is 4.99 Å². The first-order valence-electron chi connectivity index (χ1n) is 7.92. The van der Waals surface area contributed by atoms with Gasteiger partial charge in [-0.05, 0) is 24.1 Å². The largest absolute Gasteiger partial charge is 0.379 e. The molecule has 0 amide bonds. The number of hydrogen-bond acceptors (Lipinski definition) is 5. The van der Waals surface area contributed by atoms with Crippen molar-refractivity contribution < 1.29 is 4.74 Å². The molecule has 3 rings (SSSR count). The molecule has 2 aliphatic heterocycles. The van der Waals surface area contributed by atoms with Crippen LogP contribution in [0.2, 0.25) is 5.02 Å². The third-order valence-corrected chi connectivity index (χ3v) is 4.35. The summed E-state index contributed by atoms with van der Waals surface area (Å²) in [5.41, 5.74) is 1.27. The summed E-state index contributed by atoms with van der Waals surface area (Å²) in [5, 5.41) is 7.54. The number of nitrogens with zero attached hydrogens (tertiary/aromatic N) is 2. The van der Waals surface area contributed by atoms with Crippen molar-refractivity contribution >= 4 is 17.6 Å². The molecule has 1 aromatic carbocycles. The lowest BCUT2D eigenvalue weighted by Gasteiger charge is -2.35. The van der Waals surface area contributed by atoms with Gasteiger partial charge in [0.05, 0.1) is 19.3 Å². The Morgan fingerprint density at radius 1 is 1.27 bits per heavy atom. The summed E-state index contributed by atoms with van der Waals surface area (Å²) in [6.45, 7) is 6.22. The Bertz CT molecular complexity index is 499. The highest BCUT2D eigenvalue weighted by Gasteiger charge is 2.23. The number of nitrogens with one attached hydrogen (secondary N) is 2. The van der Waals surface area contributed by atoms with Crippen LogP contribution in [0, 0.1) is 0 Å². The van der Waals surface area contributed by atoms with Gasteiger partial charge in [-0.1, -0.05) is 23.7 Å². The summed E-state index contributed by atoms with van der Waals surface area (Å²) in [6, 6.07) is 8.44. The standard InChI is InChI=1S/C16H23ClN4O/c17-14-4-2-13(3-5-14)15(21-8-10-22-11-9-21)12-20-16-18-6-1-7-19-16/h2-5,15H,1,6-12H2,(H2,18,19,20). The predicted octanol–water partition coefficient (Wildman–Crippen LogP) is 1.65. The molecule has 0 bridgehead atoms. The van der Waals surface area contributed by atoms with Gasteiger partial charge >= 0.3 is 0 Å². The van der Waals surface area contributed by atoms with E-state index in [4.69, 9.17) is 16.3 Å². The van der Waals surface area contributed by atoms with Gasteiger partial charge in [0.25, 0.3) is 0 Å². The monoisotopic (exact) mass is 322 g/mol. The number of hydrogen-bond donors (Lipinski definition) is 2. The Morgan fingerprint density at radius 2 is 2.05 bits per heavy atom. The summed E-state index contributed by atoms with van der Waals surface area (Å²) < 4.78 is 5.48. The molecule has 120 valence electrons. The number of ether oxygens (including phenoxy) is 1. The molecule has 2 N–H and O–H groups in total. The zero-order valence-electron chi connectivity index (χ0n) is 12.7. The van der Waals surface area contributed by atoms with E-state index in [1.54, 1.807) is 0 Å². The Kier molecular flexibility index (Phi) is 5.53. The third kappa shape index (κ3) is 4.12. The van der Waals surface area contributed by atoms with E-state index in [1.165, 1.54) is 5.56 Å². The van der Waals surface area contributed by atoms with E-state index in [2.05, 4.69) is 32.7 Å². The van der Waals surface area contributed by atoms with Gasteiger partial charge in [0.2, 0.25) is 0 Å². The van der Waals surface area contributed by atoms with E-state index in [0.717, 1.165) is 63.3 Å². The Labute approximate surface area is 136 Å². The number of benzene rings is 1. The minimum Gasteiger partial charge on any atom is -0.379 e. The topological polar surface area (TPSA) is 48.9 Å². The molecule has 22 heavy (non-hydrogen) atoms. The Hall–Kier alpha value is -1.30. The van der Waals surface area contributed by atoms with E-state index >= 15 is 0 Å². The average molecular weight is 323 g/mol. The zero-order chi connectivity index (χ0) is 15.2. The molecule has 0 radical (unpaired) electrons. The molecule has 0 saturated carbocycles. The molecule has 5 nitrogen and oxygen atoms in total. The van der Waals surface area contributed by atoms with Crippen LogP contribution in [-0.4, -0.2) is 56.8 Å². The number of morpholine rings is 1. The van der Waals surface area contributed by atoms with Gasteiger partial charge in [0.1, 0.15) is 0 Å². The summed E-state index contributed by atoms with van der Waals surface area (Å²) in [4.78, 5) is 6.95. The lowest BCUT2D eigenvalue weighted by Crippen LogP contribution is -2.47. The van der Waals surface area contributed by atoms with Crippen LogP contribution in [0.5, 0.6) is 0 Å². The minimum atomic E-state index is 0.299. The van der Waals surface area contributed by atoms with Crippen LogP contribution in [0.15, 0.2) is 29.3 Å². The highest BCUT2D eigenvalue weighted by atomic mass is 35.5. The van der Waals surface area contributed by atoms with Gasteiger partial charge in [-0.15, -0.1) is 0 Å². The molecule has 2 aliphatic rings. The molecular weight excluding hydrogens is 300 g/mol. The highest BCUT2D eigenvalue weighted by Crippen LogP contribution is 2.23. The quantitative estimate of drug-likeness (QED) is 0.885. The lowest BCUT2D eigenvalue weighted by molar-refractivity contribution is 0.0170. The van der Waals surface area contributed by atoms with E-state index in [1.807, 2.05) is 12.1 Å². The molecule has 1 unspecified atom stereocenters. The summed E-state index contributed by atoms with van der Waals surface area (Å²) in [6.07, 6.45) is 1.11. The van der Waals surface area contributed by atoms with Gasteiger partial charge in [-0.2, -0.15) is 0 Å². The number of aliphatic imine (C=N–C) groups is 1. The number of rotatable bonds is 4. The molecule has 0 aromatic heterocycles. The maximum Gasteiger partial charge on any atom is 0.191 e. The SMILES string of the molecule is Clc1ccc(C(CNC2=NCCCN2)N2CCOCC2)cc1. The first kappa shape index (κ1) is 15.6. The van der Waals surface area contributed by atoms with E-state index < -0.39 is 0 Å². The molecule has 6 heteroatoms. The Morgan fingerprint density at radius 3 is 2.73 bits per heavy atom. The summed E-state index contributed by atoms with van der Waals surface area (Å²) in [5.74, 6) is 0.915. The van der Waals surface area contributed by atoms with Gasteiger partial charge < -0.3 is 15.4 Å². The first-order chi connectivity index (χ1) is 10.8. The van der Waals surface area contributed by atoms with Crippen LogP contribution in [0.3, 0.4) is 0 Å². The van der Waals surface area contributed by atoms with Crippen molar-refractivity contribution in [1.82, 2.24) is 15.5 Å². The van der Waals surface area contributed by atoms with Crippen LogP contribution < -0.4 is 10.6 Å². The van der Waals surface area contributed by atoms with Crippen molar-refractivity contribution in [2.45, 2.75) is 12.5 Å². The minimum absolute atomic E-state index is 0.299. The second-order valence-corrected chi connectivity index (χ2v) is 6.04. The summed E-state index contributed by atoms with van der Waals surface area (Å²) >= 11 is 6.02. The summed E-state index contributed by atoms with van der Waals surface area (Å²) in [7, 11) is 0. The maximum atomic E-state index is 6.02. The average Bonchev–Trinajstić information content (AvgIpc) is 2.58. The van der Waals surface area contributed by atoms with Crippen LogP contribution in [0.25, 0.3) is 0 Å². The molecular formula is C16H23ClN4O. The second-order valence-electron chi connectivity index (χ2n) is 5.61. The van der Waals surface area contributed by atoms with Crippen LogP contribution in [0.4, 0.5) is 0 Å². The van der Waals surface area contributed by atoms with Gasteiger partial charge in [-0.25, -0.2) is 0 Å². The smallest absolute Gasteiger partial charge is 0.191 e. The first-order valence-corrected chi connectivity index (χ1v) is 8.30. The highest BCUT2D eigenvalue weighted by molar-refractivity contribution is 6.30. The number of guanidine groups is 1. The molecule has 2 heterocycles. The fraction of sp³-hybridized carbons (Fsp3) is 0.562. The van der Waals surface area contributed by atoms with Crippen molar-refractivity contribution in [3.8, 4) is 0 Å². The van der Waals surface area contributed by atoms with Crippen LogP contribution in [0.1, 0.15) is 18.0 Å².